The highest BCUT2D eigenvalue weighted by atomic mass is 35.5. The Hall–Kier alpha value is -1.89. The summed E-state index contributed by atoms with van der Waals surface area (Å²) in [6.07, 6.45) is 1.25. The number of aromatic amines is 1. The van der Waals surface area contributed by atoms with E-state index in [9.17, 15) is 9.59 Å². The first-order valence-electron chi connectivity index (χ1n) is 4.35. The van der Waals surface area contributed by atoms with E-state index in [0.717, 1.165) is 0 Å². The molecule has 8 heteroatoms. The number of aromatic nitrogens is 4. The van der Waals surface area contributed by atoms with Crippen LogP contribution in [0.4, 0.5) is 0 Å². The predicted molar refractivity (Wildman–Crippen MR) is 54.5 cm³/mol. The monoisotopic (exact) mass is 242 g/mol. The third-order valence-corrected chi connectivity index (χ3v) is 2.30. The molecule has 0 saturated heterocycles. The van der Waals surface area contributed by atoms with Crippen molar-refractivity contribution in [3.05, 3.63) is 43.4 Å². The zero-order valence-corrected chi connectivity index (χ0v) is 8.98. The van der Waals surface area contributed by atoms with Crippen LogP contribution in [0.5, 0.6) is 0 Å². The lowest BCUT2D eigenvalue weighted by Gasteiger charge is -2.01. The van der Waals surface area contributed by atoms with Gasteiger partial charge in [-0.15, -0.1) is 0 Å². The lowest BCUT2D eigenvalue weighted by atomic mass is 10.3. The van der Waals surface area contributed by atoms with Crippen molar-refractivity contribution in [2.24, 2.45) is 0 Å². The van der Waals surface area contributed by atoms with Crippen LogP contribution in [0.25, 0.3) is 0 Å². The highest BCUT2D eigenvalue weighted by Gasteiger charge is 2.08. The molecule has 2 aromatic heterocycles. The molecule has 0 fully saturated rings. The second-order valence-corrected chi connectivity index (χ2v) is 3.57. The molecule has 0 unspecified atom stereocenters. The van der Waals surface area contributed by atoms with Gasteiger partial charge in [-0.2, -0.15) is 0 Å². The average Bonchev–Trinajstić information content (AvgIpc) is 2.61. The molecular formula is C8H7ClN4O3. The van der Waals surface area contributed by atoms with E-state index in [0.29, 0.717) is 11.4 Å². The third-order valence-electron chi connectivity index (χ3n) is 2.03. The molecule has 0 bridgehead atoms. The van der Waals surface area contributed by atoms with Crippen molar-refractivity contribution in [2.45, 2.75) is 13.5 Å². The van der Waals surface area contributed by atoms with Gasteiger partial charge in [0.25, 0.3) is 5.56 Å². The topological polar surface area (TPSA) is 93.8 Å². The van der Waals surface area contributed by atoms with Crippen molar-refractivity contribution in [1.29, 1.82) is 0 Å². The van der Waals surface area contributed by atoms with Gasteiger partial charge in [0.05, 0.1) is 6.54 Å². The van der Waals surface area contributed by atoms with Crippen LogP contribution in [-0.4, -0.2) is 19.9 Å². The van der Waals surface area contributed by atoms with Crippen LogP contribution >= 0.6 is 11.6 Å². The lowest BCUT2D eigenvalue weighted by Crippen LogP contribution is -2.30. The maximum Gasteiger partial charge on any atom is 0.328 e. The highest BCUT2D eigenvalue weighted by Crippen LogP contribution is 2.03. The molecule has 2 aromatic rings. The molecule has 0 atom stereocenters. The van der Waals surface area contributed by atoms with Gasteiger partial charge in [-0.25, -0.2) is 9.42 Å². The zero-order valence-electron chi connectivity index (χ0n) is 8.23. The summed E-state index contributed by atoms with van der Waals surface area (Å²) in [6, 6.07) is 0. The van der Waals surface area contributed by atoms with Crippen LogP contribution < -0.4 is 11.2 Å². The van der Waals surface area contributed by atoms with Crippen LogP contribution in [-0.2, 0) is 6.54 Å². The van der Waals surface area contributed by atoms with Gasteiger partial charge in [0.2, 0.25) is 0 Å². The standard InChI is InChI=1S/C8H7ClN4O3/c1-4-6(12-16-11-4)3-13-2-5(9)7(14)10-8(13)15/h2H,3H2,1H3,(H,10,14,15). The number of hydrogen-bond donors (Lipinski definition) is 1. The van der Waals surface area contributed by atoms with Crippen molar-refractivity contribution < 1.29 is 4.63 Å². The quantitative estimate of drug-likeness (QED) is 0.796. The molecule has 0 aliphatic heterocycles. The van der Waals surface area contributed by atoms with Crippen LogP contribution in [0.1, 0.15) is 11.4 Å². The van der Waals surface area contributed by atoms with Gasteiger partial charge >= 0.3 is 5.69 Å². The summed E-state index contributed by atoms with van der Waals surface area (Å²) in [6.45, 7) is 1.84. The fourth-order valence-corrected chi connectivity index (χ4v) is 1.32. The summed E-state index contributed by atoms with van der Waals surface area (Å²) >= 11 is 5.60. The number of H-pyrrole nitrogens is 1. The minimum Gasteiger partial charge on any atom is -0.293 e. The van der Waals surface area contributed by atoms with E-state index in [4.69, 9.17) is 11.6 Å². The lowest BCUT2D eigenvalue weighted by molar-refractivity contribution is 0.300. The van der Waals surface area contributed by atoms with Gasteiger partial charge in [0.15, 0.2) is 0 Å². The number of nitrogens with one attached hydrogen (secondary N) is 1. The highest BCUT2D eigenvalue weighted by molar-refractivity contribution is 6.30. The van der Waals surface area contributed by atoms with E-state index in [1.807, 2.05) is 0 Å². The maximum absolute atomic E-state index is 11.4. The van der Waals surface area contributed by atoms with Gasteiger partial charge in [-0.05, 0) is 6.92 Å². The molecule has 2 rings (SSSR count). The molecule has 7 nitrogen and oxygen atoms in total. The predicted octanol–water partition coefficient (Wildman–Crippen LogP) is -0.0703. The molecule has 0 amide bonds. The summed E-state index contributed by atoms with van der Waals surface area (Å²) < 4.78 is 5.71. The Bertz CT molecular complexity index is 627. The number of hydrogen-bond acceptors (Lipinski definition) is 5. The van der Waals surface area contributed by atoms with E-state index in [1.54, 1.807) is 6.92 Å². The van der Waals surface area contributed by atoms with Gasteiger partial charge in [-0.1, -0.05) is 21.9 Å². The van der Waals surface area contributed by atoms with Crippen molar-refractivity contribution >= 4 is 11.6 Å². The van der Waals surface area contributed by atoms with Gasteiger partial charge in [0.1, 0.15) is 16.4 Å². The van der Waals surface area contributed by atoms with E-state index in [2.05, 4.69) is 19.9 Å². The van der Waals surface area contributed by atoms with E-state index in [-0.39, 0.29) is 11.6 Å². The minimum atomic E-state index is -0.613. The molecule has 1 N–H and O–H groups in total. The molecule has 0 aromatic carbocycles. The summed E-state index contributed by atoms with van der Waals surface area (Å²) in [5, 5.41) is 7.14. The first-order chi connectivity index (χ1) is 7.58. The number of nitrogens with zero attached hydrogens (tertiary/aromatic N) is 3. The fraction of sp³-hybridized carbons (Fsp3) is 0.250. The largest absolute Gasteiger partial charge is 0.328 e. The van der Waals surface area contributed by atoms with Gasteiger partial charge < -0.3 is 0 Å². The molecule has 0 spiro atoms. The molecule has 0 aliphatic rings. The van der Waals surface area contributed by atoms with E-state index >= 15 is 0 Å². The van der Waals surface area contributed by atoms with Crippen LogP contribution in [0, 0.1) is 6.92 Å². The van der Waals surface area contributed by atoms with E-state index < -0.39 is 11.2 Å². The number of aryl methyl sites for hydroxylation is 1. The molecular weight excluding hydrogens is 236 g/mol. The third kappa shape index (κ3) is 1.89. The Morgan fingerprint density at radius 3 is 2.88 bits per heavy atom. The minimum absolute atomic E-state index is 0.0614. The molecule has 16 heavy (non-hydrogen) atoms. The molecule has 0 radical (unpaired) electrons. The van der Waals surface area contributed by atoms with Crippen LogP contribution in [0.3, 0.4) is 0 Å². The summed E-state index contributed by atoms with van der Waals surface area (Å²) in [5.74, 6) is 0. The summed E-state index contributed by atoms with van der Waals surface area (Å²) in [5.41, 5.74) is -0.0887. The molecule has 2 heterocycles. The molecule has 0 saturated carbocycles. The molecule has 84 valence electrons. The second kappa shape index (κ2) is 3.93. The Labute approximate surface area is 93.6 Å². The Morgan fingerprint density at radius 1 is 1.50 bits per heavy atom. The second-order valence-electron chi connectivity index (χ2n) is 3.16. The SMILES string of the molecule is Cc1nonc1Cn1cc(Cl)c(=O)[nH]c1=O. The van der Waals surface area contributed by atoms with Crippen LogP contribution in [0.2, 0.25) is 5.02 Å². The first-order valence-corrected chi connectivity index (χ1v) is 4.73. The Balaban J connectivity index is 2.43. The fourth-order valence-electron chi connectivity index (χ4n) is 1.15. The van der Waals surface area contributed by atoms with Gasteiger partial charge in [-0.3, -0.25) is 14.3 Å². The maximum atomic E-state index is 11.4. The van der Waals surface area contributed by atoms with Crippen molar-refractivity contribution in [3.8, 4) is 0 Å². The van der Waals surface area contributed by atoms with E-state index in [1.165, 1.54) is 10.8 Å². The van der Waals surface area contributed by atoms with Gasteiger partial charge in [0, 0.05) is 6.20 Å². The van der Waals surface area contributed by atoms with Crippen LogP contribution in [0.15, 0.2) is 20.4 Å². The number of rotatable bonds is 2. The smallest absolute Gasteiger partial charge is 0.293 e. The summed E-state index contributed by atoms with van der Waals surface area (Å²) in [7, 11) is 0. The number of halogens is 1. The van der Waals surface area contributed by atoms with Crippen molar-refractivity contribution in [1.82, 2.24) is 19.9 Å². The average molecular weight is 243 g/mol. The Morgan fingerprint density at radius 2 is 2.25 bits per heavy atom. The molecule has 0 aliphatic carbocycles. The summed E-state index contributed by atoms with van der Waals surface area (Å²) in [4.78, 5) is 24.5. The van der Waals surface area contributed by atoms with Crippen molar-refractivity contribution in [2.75, 3.05) is 0 Å². The zero-order chi connectivity index (χ0) is 11.7. The first kappa shape index (κ1) is 10.6. The van der Waals surface area contributed by atoms with Crippen molar-refractivity contribution in [3.63, 3.8) is 0 Å². The normalized spacial score (nSPS) is 10.6. The Kier molecular flexibility index (Phi) is 2.61.